The van der Waals surface area contributed by atoms with Crippen LogP contribution in [-0.2, 0) is 11.2 Å². The monoisotopic (exact) mass is 294 g/mol. The first-order valence-corrected chi connectivity index (χ1v) is 6.70. The molecule has 1 aliphatic rings. The fourth-order valence-electron chi connectivity index (χ4n) is 2.27. The van der Waals surface area contributed by atoms with Gasteiger partial charge in [-0.3, -0.25) is 0 Å². The number of aromatic amines is 1. The summed E-state index contributed by atoms with van der Waals surface area (Å²) >= 11 is 3.55. The third-order valence-corrected chi connectivity index (χ3v) is 3.82. The molecule has 1 fully saturated rings. The minimum absolute atomic E-state index is 0.305. The third-order valence-electron chi connectivity index (χ3n) is 3.16. The lowest BCUT2D eigenvalue weighted by Crippen LogP contribution is -2.39. The number of hydrogen-bond acceptors (Lipinski definition) is 2. The molecule has 1 saturated heterocycles. The Bertz CT molecular complexity index is 517. The highest BCUT2D eigenvalue weighted by Crippen LogP contribution is 2.25. The Balaban J connectivity index is 1.82. The van der Waals surface area contributed by atoms with E-state index in [-0.39, 0.29) is 0 Å². The number of halogens is 1. The molecular formula is C13H15BrN2O. The van der Waals surface area contributed by atoms with Crippen LogP contribution in [0.3, 0.4) is 0 Å². The van der Waals surface area contributed by atoms with Crippen molar-refractivity contribution in [2.75, 3.05) is 19.7 Å². The van der Waals surface area contributed by atoms with E-state index in [1.165, 1.54) is 16.5 Å². The fourth-order valence-corrected chi connectivity index (χ4v) is 2.72. The summed E-state index contributed by atoms with van der Waals surface area (Å²) in [5, 5.41) is 4.60. The Morgan fingerprint density at radius 2 is 2.35 bits per heavy atom. The largest absolute Gasteiger partial charge is 0.375 e. The summed E-state index contributed by atoms with van der Waals surface area (Å²) in [7, 11) is 0. The maximum atomic E-state index is 5.72. The van der Waals surface area contributed by atoms with Crippen molar-refractivity contribution >= 4 is 26.8 Å². The van der Waals surface area contributed by atoms with E-state index in [4.69, 9.17) is 4.74 Å². The molecule has 3 nitrogen and oxygen atoms in total. The number of benzene rings is 1. The number of hydrogen-bond donors (Lipinski definition) is 2. The van der Waals surface area contributed by atoms with Crippen molar-refractivity contribution in [3.05, 3.63) is 34.4 Å². The second-order valence-electron chi connectivity index (χ2n) is 4.42. The molecule has 2 heterocycles. The van der Waals surface area contributed by atoms with E-state index >= 15 is 0 Å². The SMILES string of the molecule is Brc1c[nH]c2ccc(CC3CNCCO3)cc12. The van der Waals surface area contributed by atoms with Gasteiger partial charge >= 0.3 is 0 Å². The molecule has 1 atom stereocenters. The maximum absolute atomic E-state index is 5.72. The molecule has 2 aromatic rings. The number of aromatic nitrogens is 1. The number of morpholine rings is 1. The third kappa shape index (κ3) is 2.39. The second-order valence-corrected chi connectivity index (χ2v) is 5.27. The highest BCUT2D eigenvalue weighted by molar-refractivity contribution is 9.10. The van der Waals surface area contributed by atoms with Crippen molar-refractivity contribution in [2.24, 2.45) is 0 Å². The first-order valence-electron chi connectivity index (χ1n) is 5.91. The first-order chi connectivity index (χ1) is 8.33. The lowest BCUT2D eigenvalue weighted by molar-refractivity contribution is 0.0292. The van der Waals surface area contributed by atoms with Gasteiger partial charge in [-0.1, -0.05) is 6.07 Å². The molecule has 0 bridgehead atoms. The van der Waals surface area contributed by atoms with Crippen LogP contribution in [0, 0.1) is 0 Å². The van der Waals surface area contributed by atoms with Gasteiger partial charge in [0.25, 0.3) is 0 Å². The fraction of sp³-hybridized carbons (Fsp3) is 0.385. The Kier molecular flexibility index (Phi) is 3.18. The van der Waals surface area contributed by atoms with Crippen molar-refractivity contribution in [1.29, 1.82) is 0 Å². The molecule has 2 N–H and O–H groups in total. The molecule has 90 valence electrons. The van der Waals surface area contributed by atoms with Crippen molar-refractivity contribution in [2.45, 2.75) is 12.5 Å². The number of fused-ring (bicyclic) bond motifs is 1. The highest BCUT2D eigenvalue weighted by Gasteiger charge is 2.14. The molecule has 1 aromatic heterocycles. The minimum atomic E-state index is 0.305. The van der Waals surface area contributed by atoms with Gasteiger partial charge in [0.15, 0.2) is 0 Å². The Labute approximate surface area is 109 Å². The van der Waals surface area contributed by atoms with Crippen molar-refractivity contribution in [3.8, 4) is 0 Å². The number of H-pyrrole nitrogens is 1. The smallest absolute Gasteiger partial charge is 0.0740 e. The van der Waals surface area contributed by atoms with Crippen LogP contribution in [-0.4, -0.2) is 30.8 Å². The standard InChI is InChI=1S/C13H15BrN2O/c14-12-8-16-13-2-1-9(6-11(12)13)5-10-7-15-3-4-17-10/h1-2,6,8,10,15-16H,3-5,7H2. The van der Waals surface area contributed by atoms with Crippen LogP contribution in [0.25, 0.3) is 10.9 Å². The molecule has 4 heteroatoms. The molecule has 0 aliphatic carbocycles. The molecule has 0 radical (unpaired) electrons. The zero-order valence-electron chi connectivity index (χ0n) is 9.50. The predicted octanol–water partition coefficient (Wildman–Crippen LogP) is 2.46. The summed E-state index contributed by atoms with van der Waals surface area (Å²) in [5.74, 6) is 0. The Morgan fingerprint density at radius 1 is 1.41 bits per heavy atom. The number of rotatable bonds is 2. The summed E-state index contributed by atoms with van der Waals surface area (Å²) in [4.78, 5) is 3.23. The van der Waals surface area contributed by atoms with Gasteiger partial charge < -0.3 is 15.0 Å². The van der Waals surface area contributed by atoms with Crippen LogP contribution in [0.1, 0.15) is 5.56 Å². The minimum Gasteiger partial charge on any atom is -0.375 e. The predicted molar refractivity (Wildman–Crippen MR) is 72.3 cm³/mol. The Hall–Kier alpha value is -0.840. The van der Waals surface area contributed by atoms with E-state index in [2.05, 4.69) is 44.4 Å². The summed E-state index contributed by atoms with van der Waals surface area (Å²) in [6.45, 7) is 2.74. The average molecular weight is 295 g/mol. The van der Waals surface area contributed by atoms with Crippen molar-refractivity contribution in [3.63, 3.8) is 0 Å². The summed E-state index contributed by atoms with van der Waals surface area (Å²) < 4.78 is 6.85. The van der Waals surface area contributed by atoms with E-state index in [0.29, 0.717) is 6.10 Å². The van der Waals surface area contributed by atoms with Crippen LogP contribution in [0.4, 0.5) is 0 Å². The lowest BCUT2D eigenvalue weighted by Gasteiger charge is -2.23. The Morgan fingerprint density at radius 3 is 3.18 bits per heavy atom. The topological polar surface area (TPSA) is 37.0 Å². The molecule has 1 aliphatic heterocycles. The van der Waals surface area contributed by atoms with Crippen LogP contribution < -0.4 is 5.32 Å². The molecule has 1 unspecified atom stereocenters. The van der Waals surface area contributed by atoms with Crippen molar-refractivity contribution < 1.29 is 4.74 Å². The van der Waals surface area contributed by atoms with Crippen LogP contribution in [0.5, 0.6) is 0 Å². The number of ether oxygens (including phenoxy) is 1. The van der Waals surface area contributed by atoms with E-state index < -0.39 is 0 Å². The average Bonchev–Trinajstić information content (AvgIpc) is 2.73. The summed E-state index contributed by atoms with van der Waals surface area (Å²) in [6, 6.07) is 6.53. The zero-order chi connectivity index (χ0) is 11.7. The molecule has 3 rings (SSSR count). The molecule has 0 saturated carbocycles. The molecule has 17 heavy (non-hydrogen) atoms. The lowest BCUT2D eigenvalue weighted by atomic mass is 10.1. The van der Waals surface area contributed by atoms with E-state index in [1.807, 2.05) is 6.20 Å². The number of nitrogens with one attached hydrogen (secondary N) is 2. The molecule has 0 spiro atoms. The van der Waals surface area contributed by atoms with E-state index in [9.17, 15) is 0 Å². The first kappa shape index (κ1) is 11.3. The normalized spacial score (nSPS) is 20.9. The molecular weight excluding hydrogens is 280 g/mol. The van der Waals surface area contributed by atoms with E-state index in [0.717, 1.165) is 30.6 Å². The molecule has 1 aromatic carbocycles. The van der Waals surface area contributed by atoms with Gasteiger partial charge in [-0.25, -0.2) is 0 Å². The van der Waals surface area contributed by atoms with Gasteiger partial charge in [-0.2, -0.15) is 0 Å². The quantitative estimate of drug-likeness (QED) is 0.893. The van der Waals surface area contributed by atoms with Crippen LogP contribution in [0.15, 0.2) is 28.9 Å². The van der Waals surface area contributed by atoms with E-state index in [1.54, 1.807) is 0 Å². The summed E-state index contributed by atoms with van der Waals surface area (Å²) in [5.41, 5.74) is 2.50. The zero-order valence-corrected chi connectivity index (χ0v) is 11.1. The van der Waals surface area contributed by atoms with Crippen LogP contribution in [0.2, 0.25) is 0 Å². The van der Waals surface area contributed by atoms with Gasteiger partial charge in [-0.05, 0) is 40.0 Å². The van der Waals surface area contributed by atoms with Crippen molar-refractivity contribution in [1.82, 2.24) is 10.3 Å². The van der Waals surface area contributed by atoms with Gasteiger partial charge in [0.1, 0.15) is 0 Å². The second kappa shape index (κ2) is 4.80. The highest BCUT2D eigenvalue weighted by atomic mass is 79.9. The van der Waals surface area contributed by atoms with Crippen LogP contribution >= 0.6 is 15.9 Å². The maximum Gasteiger partial charge on any atom is 0.0740 e. The van der Waals surface area contributed by atoms with Gasteiger partial charge in [-0.15, -0.1) is 0 Å². The van der Waals surface area contributed by atoms with Gasteiger partial charge in [0, 0.05) is 34.7 Å². The van der Waals surface area contributed by atoms with Gasteiger partial charge in [0.05, 0.1) is 12.7 Å². The van der Waals surface area contributed by atoms with Gasteiger partial charge in [0.2, 0.25) is 0 Å². The molecule has 0 amide bonds. The summed E-state index contributed by atoms with van der Waals surface area (Å²) in [6.07, 6.45) is 3.26.